The van der Waals surface area contributed by atoms with Crippen LogP contribution in [0.3, 0.4) is 0 Å². The van der Waals surface area contributed by atoms with Crippen LogP contribution in [-0.4, -0.2) is 70.5 Å². The van der Waals surface area contributed by atoms with Gasteiger partial charge in [-0.25, -0.2) is 9.78 Å². The Morgan fingerprint density at radius 3 is 2.26 bits per heavy atom. The molecule has 1 aromatic carbocycles. The number of rotatable bonds is 3. The topological polar surface area (TPSA) is 95.6 Å². The number of hydrogen-bond acceptors (Lipinski definition) is 7. The maximum atomic E-state index is 10.6. The fourth-order valence-corrected chi connectivity index (χ4v) is 2.78. The molecule has 1 saturated heterocycles. The van der Waals surface area contributed by atoms with Crippen molar-refractivity contribution in [3.63, 3.8) is 0 Å². The molecule has 11 heteroatoms. The van der Waals surface area contributed by atoms with Gasteiger partial charge in [0, 0.05) is 31.7 Å². The SMILES string of the molecule is CN1CCN(c2cccc(-c3noc(-c4ccccc4)n3)n2)CC1.O=C(O)C(F)(F)F. The molecule has 8 nitrogen and oxygen atoms in total. The molecule has 3 aromatic rings. The van der Waals surface area contributed by atoms with Crippen LogP contribution in [0.5, 0.6) is 0 Å². The zero-order chi connectivity index (χ0) is 22.4. The van der Waals surface area contributed by atoms with Crippen LogP contribution in [0.25, 0.3) is 23.0 Å². The first-order chi connectivity index (χ1) is 14.7. The van der Waals surface area contributed by atoms with Gasteiger partial charge >= 0.3 is 12.1 Å². The number of halogens is 3. The minimum atomic E-state index is -5.08. The lowest BCUT2D eigenvalue weighted by molar-refractivity contribution is -0.192. The molecule has 1 aliphatic rings. The second kappa shape index (κ2) is 9.56. The van der Waals surface area contributed by atoms with E-state index in [0.29, 0.717) is 11.7 Å². The molecule has 0 amide bonds. The van der Waals surface area contributed by atoms with Crippen LogP contribution < -0.4 is 4.90 Å². The molecule has 0 bridgehead atoms. The van der Waals surface area contributed by atoms with Gasteiger partial charge in [0.05, 0.1) is 0 Å². The first-order valence-electron chi connectivity index (χ1n) is 9.34. The summed E-state index contributed by atoms with van der Waals surface area (Å²) in [5.74, 6) is -0.763. The number of benzene rings is 1. The maximum Gasteiger partial charge on any atom is 0.490 e. The van der Waals surface area contributed by atoms with Gasteiger partial charge in [-0.2, -0.15) is 18.2 Å². The van der Waals surface area contributed by atoms with E-state index < -0.39 is 12.1 Å². The highest BCUT2D eigenvalue weighted by Gasteiger charge is 2.38. The van der Waals surface area contributed by atoms with Crippen molar-refractivity contribution in [2.45, 2.75) is 6.18 Å². The molecule has 0 spiro atoms. The van der Waals surface area contributed by atoms with Crippen molar-refractivity contribution in [2.24, 2.45) is 0 Å². The Morgan fingerprint density at radius 1 is 1.00 bits per heavy atom. The summed E-state index contributed by atoms with van der Waals surface area (Å²) in [6.07, 6.45) is -5.08. The van der Waals surface area contributed by atoms with Gasteiger partial charge in [-0.3, -0.25) is 0 Å². The number of aliphatic carboxylic acids is 1. The van der Waals surface area contributed by atoms with E-state index in [9.17, 15) is 13.2 Å². The predicted octanol–water partition coefficient (Wildman–Crippen LogP) is 3.18. The molecule has 1 fully saturated rings. The third kappa shape index (κ3) is 6.01. The van der Waals surface area contributed by atoms with Crippen LogP contribution in [0.2, 0.25) is 0 Å². The molecule has 1 N–H and O–H groups in total. The first kappa shape index (κ1) is 22.2. The van der Waals surface area contributed by atoms with E-state index in [1.54, 1.807) is 0 Å². The fourth-order valence-electron chi connectivity index (χ4n) is 2.78. The van der Waals surface area contributed by atoms with Gasteiger partial charge in [-0.1, -0.05) is 29.4 Å². The van der Waals surface area contributed by atoms with Crippen molar-refractivity contribution < 1.29 is 27.6 Å². The Kier molecular flexibility index (Phi) is 6.85. The lowest BCUT2D eigenvalue weighted by atomic mass is 10.2. The average molecular weight is 435 g/mol. The van der Waals surface area contributed by atoms with Crippen LogP contribution in [0.15, 0.2) is 53.1 Å². The van der Waals surface area contributed by atoms with Gasteiger partial charge in [0.25, 0.3) is 5.89 Å². The molecule has 4 rings (SSSR count). The number of alkyl halides is 3. The number of piperazine rings is 1. The van der Waals surface area contributed by atoms with Crippen molar-refractivity contribution in [3.05, 3.63) is 48.5 Å². The van der Waals surface area contributed by atoms with Crippen LogP contribution in [0, 0.1) is 0 Å². The molecule has 0 aliphatic carbocycles. The summed E-state index contributed by atoms with van der Waals surface area (Å²) in [4.78, 5) is 22.7. The van der Waals surface area contributed by atoms with Gasteiger partial charge in [0.2, 0.25) is 5.82 Å². The van der Waals surface area contributed by atoms with Crippen LogP contribution in [0.1, 0.15) is 0 Å². The zero-order valence-electron chi connectivity index (χ0n) is 16.6. The first-order valence-corrected chi connectivity index (χ1v) is 9.34. The Labute approximate surface area is 175 Å². The lowest BCUT2D eigenvalue weighted by Crippen LogP contribution is -2.44. The third-order valence-electron chi connectivity index (χ3n) is 4.48. The van der Waals surface area contributed by atoms with Crippen molar-refractivity contribution in [2.75, 3.05) is 38.1 Å². The molecule has 0 atom stereocenters. The van der Waals surface area contributed by atoms with Gasteiger partial charge in [0.1, 0.15) is 11.5 Å². The highest BCUT2D eigenvalue weighted by molar-refractivity contribution is 5.73. The monoisotopic (exact) mass is 435 g/mol. The number of carboxylic acid groups (broad SMARTS) is 1. The number of pyridine rings is 1. The molecule has 3 heterocycles. The molecule has 0 saturated carbocycles. The second-order valence-electron chi connectivity index (χ2n) is 6.76. The predicted molar refractivity (Wildman–Crippen MR) is 106 cm³/mol. The summed E-state index contributed by atoms with van der Waals surface area (Å²) in [6.45, 7) is 4.06. The molecule has 0 radical (unpaired) electrons. The van der Waals surface area contributed by atoms with E-state index in [2.05, 4.69) is 27.0 Å². The minimum absolute atomic E-state index is 0.511. The Bertz CT molecular complexity index is 1000. The Balaban J connectivity index is 0.000000339. The van der Waals surface area contributed by atoms with Crippen molar-refractivity contribution in [1.82, 2.24) is 20.0 Å². The number of anilines is 1. The van der Waals surface area contributed by atoms with E-state index in [0.717, 1.165) is 43.3 Å². The summed E-state index contributed by atoms with van der Waals surface area (Å²) in [6, 6.07) is 15.7. The number of carboxylic acids is 1. The lowest BCUT2D eigenvalue weighted by Gasteiger charge is -2.33. The van der Waals surface area contributed by atoms with E-state index in [4.69, 9.17) is 19.4 Å². The zero-order valence-corrected chi connectivity index (χ0v) is 16.6. The smallest absolute Gasteiger partial charge is 0.475 e. The molecule has 0 unspecified atom stereocenters. The number of likely N-dealkylation sites (N-methyl/N-ethyl adjacent to an activating group) is 1. The largest absolute Gasteiger partial charge is 0.490 e. The molecule has 164 valence electrons. The highest BCUT2D eigenvalue weighted by Crippen LogP contribution is 2.23. The summed E-state index contributed by atoms with van der Waals surface area (Å²) in [7, 11) is 2.14. The fraction of sp³-hybridized carbons (Fsp3) is 0.300. The van der Waals surface area contributed by atoms with Gasteiger partial charge in [0.15, 0.2) is 0 Å². The van der Waals surface area contributed by atoms with Crippen LogP contribution in [-0.2, 0) is 4.79 Å². The molecule has 1 aliphatic heterocycles. The maximum absolute atomic E-state index is 10.6. The van der Waals surface area contributed by atoms with Crippen molar-refractivity contribution >= 4 is 11.8 Å². The van der Waals surface area contributed by atoms with Crippen LogP contribution in [0.4, 0.5) is 19.0 Å². The number of nitrogens with zero attached hydrogens (tertiary/aromatic N) is 5. The van der Waals surface area contributed by atoms with Crippen LogP contribution >= 0.6 is 0 Å². The van der Waals surface area contributed by atoms with Gasteiger partial charge < -0.3 is 19.4 Å². The van der Waals surface area contributed by atoms with E-state index in [1.807, 2.05) is 48.5 Å². The molecule has 31 heavy (non-hydrogen) atoms. The molecular weight excluding hydrogens is 415 g/mol. The summed E-state index contributed by atoms with van der Waals surface area (Å²) < 4.78 is 37.1. The van der Waals surface area contributed by atoms with Crippen molar-refractivity contribution in [1.29, 1.82) is 0 Å². The molecule has 2 aromatic heterocycles. The average Bonchev–Trinajstić information content (AvgIpc) is 3.25. The quantitative estimate of drug-likeness (QED) is 0.670. The summed E-state index contributed by atoms with van der Waals surface area (Å²) in [5.41, 5.74) is 1.64. The standard InChI is InChI=1S/C18H19N5O.C2HF3O2/c1-22-10-12-23(13-11-22)16-9-5-8-15(19-16)17-20-18(24-21-17)14-6-3-2-4-7-14;3-2(4,5)1(6)7/h2-9H,10-13H2,1H3;(H,6,7). The van der Waals surface area contributed by atoms with Gasteiger partial charge in [-0.15, -0.1) is 0 Å². The minimum Gasteiger partial charge on any atom is -0.475 e. The summed E-state index contributed by atoms with van der Waals surface area (Å²) >= 11 is 0. The number of aromatic nitrogens is 3. The number of carbonyl (C=O) groups is 1. The highest BCUT2D eigenvalue weighted by atomic mass is 19.4. The second-order valence-corrected chi connectivity index (χ2v) is 6.76. The van der Waals surface area contributed by atoms with Gasteiger partial charge in [-0.05, 0) is 31.3 Å². The van der Waals surface area contributed by atoms with E-state index in [1.165, 1.54) is 0 Å². The summed E-state index contributed by atoms with van der Waals surface area (Å²) in [5, 5.41) is 11.2. The Hall–Kier alpha value is -3.47. The Morgan fingerprint density at radius 2 is 1.65 bits per heavy atom. The normalized spacial score (nSPS) is 14.6. The van der Waals surface area contributed by atoms with E-state index >= 15 is 0 Å². The number of hydrogen-bond donors (Lipinski definition) is 1. The van der Waals surface area contributed by atoms with Crippen molar-refractivity contribution in [3.8, 4) is 23.0 Å². The van der Waals surface area contributed by atoms with E-state index in [-0.39, 0.29) is 0 Å². The third-order valence-corrected chi connectivity index (χ3v) is 4.48. The molecular formula is C20H20F3N5O3.